The second kappa shape index (κ2) is 8.78. The summed E-state index contributed by atoms with van der Waals surface area (Å²) in [4.78, 5) is 11.7. The summed E-state index contributed by atoms with van der Waals surface area (Å²) in [7, 11) is 0. The summed E-state index contributed by atoms with van der Waals surface area (Å²) >= 11 is 0. The van der Waals surface area contributed by atoms with Crippen LogP contribution in [0, 0.1) is 5.82 Å². The highest BCUT2D eigenvalue weighted by molar-refractivity contribution is 5.78. The minimum atomic E-state index is -0.307. The van der Waals surface area contributed by atoms with Crippen molar-refractivity contribution < 1.29 is 18.7 Å². The van der Waals surface area contributed by atoms with Gasteiger partial charge in [0.25, 0.3) is 0 Å². The van der Waals surface area contributed by atoms with Gasteiger partial charge in [-0.2, -0.15) is 0 Å². The van der Waals surface area contributed by atoms with E-state index in [2.05, 4.69) is 5.32 Å². The number of hydrogen-bond acceptors (Lipinski definition) is 3. The number of rotatable bonds is 8. The number of halogens is 1. The van der Waals surface area contributed by atoms with E-state index in [1.165, 1.54) is 12.1 Å². The molecule has 0 aliphatic carbocycles. The summed E-state index contributed by atoms with van der Waals surface area (Å²) in [6, 6.07) is 13.2. The van der Waals surface area contributed by atoms with Crippen molar-refractivity contribution in [1.82, 2.24) is 5.32 Å². The lowest BCUT2D eigenvalue weighted by Crippen LogP contribution is -2.29. The maximum Gasteiger partial charge on any atom is 0.224 e. The maximum absolute atomic E-state index is 12.8. The SMILES string of the molecule is CCOc1ccc(OCCNC(=O)Cc2ccc(F)cc2)cc1. The Kier molecular flexibility index (Phi) is 6.41. The standard InChI is InChI=1S/C18H20FNO3/c1-2-22-16-7-9-17(10-8-16)23-12-11-20-18(21)13-14-3-5-15(19)6-4-14/h3-10H,2,11-13H2,1H3,(H,20,21). The van der Waals surface area contributed by atoms with Gasteiger partial charge in [0.05, 0.1) is 19.6 Å². The molecule has 0 heterocycles. The lowest BCUT2D eigenvalue weighted by Gasteiger charge is -2.09. The molecule has 2 aromatic rings. The Hall–Kier alpha value is -2.56. The molecule has 0 unspecified atom stereocenters. The molecule has 2 aromatic carbocycles. The zero-order valence-electron chi connectivity index (χ0n) is 13.0. The lowest BCUT2D eigenvalue weighted by molar-refractivity contribution is -0.120. The normalized spacial score (nSPS) is 10.2. The fraction of sp³-hybridized carbons (Fsp3) is 0.278. The highest BCUT2D eigenvalue weighted by atomic mass is 19.1. The second-order valence-electron chi connectivity index (χ2n) is 4.91. The van der Waals surface area contributed by atoms with Crippen molar-refractivity contribution in [2.45, 2.75) is 13.3 Å². The van der Waals surface area contributed by atoms with Crippen LogP contribution >= 0.6 is 0 Å². The maximum atomic E-state index is 12.8. The van der Waals surface area contributed by atoms with Crippen LogP contribution in [0.25, 0.3) is 0 Å². The molecule has 0 radical (unpaired) electrons. The molecule has 1 N–H and O–H groups in total. The largest absolute Gasteiger partial charge is 0.494 e. The fourth-order valence-corrected chi connectivity index (χ4v) is 2.01. The molecule has 4 nitrogen and oxygen atoms in total. The van der Waals surface area contributed by atoms with Crippen molar-refractivity contribution in [2.75, 3.05) is 19.8 Å². The summed E-state index contributed by atoms with van der Waals surface area (Å²) in [5.74, 6) is 1.10. The molecule has 0 saturated carbocycles. The number of benzene rings is 2. The van der Waals surface area contributed by atoms with Crippen LogP contribution in [-0.2, 0) is 11.2 Å². The van der Waals surface area contributed by atoms with Gasteiger partial charge in [0.15, 0.2) is 0 Å². The van der Waals surface area contributed by atoms with Gasteiger partial charge in [0.2, 0.25) is 5.91 Å². The monoisotopic (exact) mass is 317 g/mol. The number of hydrogen-bond donors (Lipinski definition) is 1. The topological polar surface area (TPSA) is 47.6 Å². The van der Waals surface area contributed by atoms with Gasteiger partial charge in [0, 0.05) is 0 Å². The van der Waals surface area contributed by atoms with Crippen molar-refractivity contribution in [1.29, 1.82) is 0 Å². The van der Waals surface area contributed by atoms with E-state index in [9.17, 15) is 9.18 Å². The quantitative estimate of drug-likeness (QED) is 0.762. The van der Waals surface area contributed by atoms with Crippen LogP contribution in [0.1, 0.15) is 12.5 Å². The van der Waals surface area contributed by atoms with E-state index >= 15 is 0 Å². The Morgan fingerprint density at radius 2 is 1.61 bits per heavy atom. The van der Waals surface area contributed by atoms with Gasteiger partial charge in [-0.1, -0.05) is 12.1 Å². The molecule has 122 valence electrons. The van der Waals surface area contributed by atoms with Gasteiger partial charge in [-0.05, 0) is 48.9 Å². The van der Waals surface area contributed by atoms with Crippen molar-refractivity contribution in [2.24, 2.45) is 0 Å². The Labute approximate surface area is 135 Å². The predicted octanol–water partition coefficient (Wildman–Crippen LogP) is 2.96. The molecule has 23 heavy (non-hydrogen) atoms. The summed E-state index contributed by atoms with van der Waals surface area (Å²) in [5, 5.41) is 2.77. The Bertz CT molecular complexity index is 611. The first-order valence-corrected chi connectivity index (χ1v) is 7.54. The van der Waals surface area contributed by atoms with Crippen LogP contribution in [0.15, 0.2) is 48.5 Å². The van der Waals surface area contributed by atoms with Crippen LogP contribution in [0.3, 0.4) is 0 Å². The minimum Gasteiger partial charge on any atom is -0.494 e. The molecular weight excluding hydrogens is 297 g/mol. The third kappa shape index (κ3) is 5.98. The van der Waals surface area contributed by atoms with E-state index in [0.29, 0.717) is 19.8 Å². The highest BCUT2D eigenvalue weighted by Crippen LogP contribution is 2.17. The molecule has 0 atom stereocenters. The van der Waals surface area contributed by atoms with Crippen molar-refractivity contribution >= 4 is 5.91 Å². The molecule has 0 aromatic heterocycles. The fourth-order valence-electron chi connectivity index (χ4n) is 2.01. The molecule has 0 aliphatic rings. The number of ether oxygens (including phenoxy) is 2. The molecule has 0 fully saturated rings. The predicted molar refractivity (Wildman–Crippen MR) is 86.2 cm³/mol. The lowest BCUT2D eigenvalue weighted by atomic mass is 10.1. The van der Waals surface area contributed by atoms with E-state index in [1.807, 2.05) is 31.2 Å². The Morgan fingerprint density at radius 3 is 2.22 bits per heavy atom. The number of carbonyl (C=O) groups excluding carboxylic acids is 1. The van der Waals surface area contributed by atoms with Crippen molar-refractivity contribution in [3.8, 4) is 11.5 Å². The smallest absolute Gasteiger partial charge is 0.224 e. The van der Waals surface area contributed by atoms with Crippen LogP contribution < -0.4 is 14.8 Å². The third-order valence-corrected chi connectivity index (χ3v) is 3.11. The zero-order chi connectivity index (χ0) is 16.5. The van der Waals surface area contributed by atoms with E-state index < -0.39 is 0 Å². The summed E-state index contributed by atoms with van der Waals surface area (Å²) in [5.41, 5.74) is 0.774. The molecule has 0 spiro atoms. The van der Waals surface area contributed by atoms with E-state index in [0.717, 1.165) is 17.1 Å². The van der Waals surface area contributed by atoms with E-state index in [-0.39, 0.29) is 18.1 Å². The molecule has 2 rings (SSSR count). The third-order valence-electron chi connectivity index (χ3n) is 3.11. The Morgan fingerprint density at radius 1 is 1.00 bits per heavy atom. The van der Waals surface area contributed by atoms with Crippen LogP contribution in [0.5, 0.6) is 11.5 Å². The summed E-state index contributed by atoms with van der Waals surface area (Å²) in [6.45, 7) is 3.34. The second-order valence-corrected chi connectivity index (χ2v) is 4.91. The molecule has 0 bridgehead atoms. The van der Waals surface area contributed by atoms with Crippen LogP contribution in [0.2, 0.25) is 0 Å². The van der Waals surface area contributed by atoms with Gasteiger partial charge in [-0.25, -0.2) is 4.39 Å². The average Bonchev–Trinajstić information content (AvgIpc) is 2.55. The van der Waals surface area contributed by atoms with Gasteiger partial charge in [-0.15, -0.1) is 0 Å². The van der Waals surface area contributed by atoms with Crippen molar-refractivity contribution in [3.05, 3.63) is 59.9 Å². The van der Waals surface area contributed by atoms with Crippen LogP contribution in [0.4, 0.5) is 4.39 Å². The van der Waals surface area contributed by atoms with Gasteiger partial charge >= 0.3 is 0 Å². The highest BCUT2D eigenvalue weighted by Gasteiger charge is 2.03. The molecule has 0 aliphatic heterocycles. The van der Waals surface area contributed by atoms with Crippen molar-refractivity contribution in [3.63, 3.8) is 0 Å². The van der Waals surface area contributed by atoms with E-state index in [4.69, 9.17) is 9.47 Å². The number of amides is 1. The number of nitrogens with one attached hydrogen (secondary N) is 1. The molecule has 1 amide bonds. The first-order valence-electron chi connectivity index (χ1n) is 7.54. The molecule has 5 heteroatoms. The van der Waals surface area contributed by atoms with Gasteiger partial charge < -0.3 is 14.8 Å². The zero-order valence-corrected chi connectivity index (χ0v) is 13.0. The number of carbonyl (C=O) groups is 1. The average molecular weight is 317 g/mol. The van der Waals surface area contributed by atoms with Crippen LogP contribution in [-0.4, -0.2) is 25.7 Å². The first-order chi connectivity index (χ1) is 11.2. The van der Waals surface area contributed by atoms with Gasteiger partial charge in [0.1, 0.15) is 23.9 Å². The molecular formula is C18H20FNO3. The van der Waals surface area contributed by atoms with E-state index in [1.54, 1.807) is 12.1 Å². The summed E-state index contributed by atoms with van der Waals surface area (Å²) in [6.07, 6.45) is 0.226. The minimum absolute atomic E-state index is 0.119. The summed E-state index contributed by atoms with van der Waals surface area (Å²) < 4.78 is 23.7. The Balaban J connectivity index is 1.66. The van der Waals surface area contributed by atoms with Gasteiger partial charge in [-0.3, -0.25) is 4.79 Å². The molecule has 0 saturated heterocycles. The first kappa shape index (κ1) is 16.8.